The molecular formula is C23H30N2O4S. The van der Waals surface area contributed by atoms with Gasteiger partial charge in [0.1, 0.15) is 0 Å². The Morgan fingerprint density at radius 3 is 2.80 bits per heavy atom. The zero-order valence-corrected chi connectivity index (χ0v) is 18.7. The third-order valence-corrected chi connectivity index (χ3v) is 7.58. The van der Waals surface area contributed by atoms with Gasteiger partial charge in [-0.15, -0.1) is 0 Å². The van der Waals surface area contributed by atoms with Crippen LogP contribution in [-0.4, -0.2) is 28.2 Å². The maximum absolute atomic E-state index is 13.4. The Hall–Kier alpha value is -2.28. The predicted molar refractivity (Wildman–Crippen MR) is 117 cm³/mol. The zero-order chi connectivity index (χ0) is 21.3. The number of thiazole rings is 1. The summed E-state index contributed by atoms with van der Waals surface area (Å²) in [4.78, 5) is 27.5. The molecule has 1 saturated carbocycles. The second-order valence-electron chi connectivity index (χ2n) is 8.59. The van der Waals surface area contributed by atoms with Crippen molar-refractivity contribution in [2.75, 3.05) is 6.79 Å². The van der Waals surface area contributed by atoms with E-state index in [1.54, 1.807) is 4.57 Å². The molecule has 3 atom stereocenters. The highest BCUT2D eigenvalue weighted by Gasteiger charge is 2.34. The van der Waals surface area contributed by atoms with Gasteiger partial charge in [-0.1, -0.05) is 44.1 Å². The van der Waals surface area contributed by atoms with E-state index in [9.17, 15) is 9.59 Å². The first kappa shape index (κ1) is 21.0. The van der Waals surface area contributed by atoms with Gasteiger partial charge in [0.15, 0.2) is 11.5 Å². The van der Waals surface area contributed by atoms with Gasteiger partial charge in [0.05, 0.1) is 0 Å². The predicted octanol–water partition coefficient (Wildman–Crippen LogP) is 4.19. The van der Waals surface area contributed by atoms with Crippen molar-refractivity contribution in [3.63, 3.8) is 0 Å². The van der Waals surface area contributed by atoms with Crippen molar-refractivity contribution in [1.29, 1.82) is 0 Å². The van der Waals surface area contributed by atoms with Gasteiger partial charge in [0.2, 0.25) is 12.7 Å². The van der Waals surface area contributed by atoms with E-state index in [0.717, 1.165) is 35.6 Å². The van der Waals surface area contributed by atoms with Crippen LogP contribution in [0, 0.1) is 18.8 Å². The second-order valence-corrected chi connectivity index (χ2v) is 9.41. The molecule has 2 aliphatic rings. The third kappa shape index (κ3) is 4.26. The number of aryl methyl sites for hydroxylation is 1. The Labute approximate surface area is 181 Å². The van der Waals surface area contributed by atoms with Gasteiger partial charge in [-0.05, 0) is 42.9 Å². The fourth-order valence-electron chi connectivity index (χ4n) is 4.65. The zero-order valence-electron chi connectivity index (χ0n) is 17.9. The quantitative estimate of drug-likeness (QED) is 0.689. The summed E-state index contributed by atoms with van der Waals surface area (Å²) >= 11 is 1.19. The molecule has 7 heteroatoms. The van der Waals surface area contributed by atoms with Crippen molar-refractivity contribution < 1.29 is 14.3 Å². The third-order valence-electron chi connectivity index (χ3n) is 6.70. The number of fused-ring (bicyclic) bond motifs is 1. The maximum atomic E-state index is 13.4. The van der Waals surface area contributed by atoms with Crippen molar-refractivity contribution >= 4 is 17.2 Å². The SMILES string of the molecule is Cc1csc(=O)n1CCC(=O)N(Cc1ccc2c(c1)OCO2)C1CCCC(C)C1C. The van der Waals surface area contributed by atoms with Gasteiger partial charge >= 0.3 is 4.87 Å². The molecule has 1 aromatic carbocycles. The van der Waals surface area contributed by atoms with Gasteiger partial charge in [0.25, 0.3) is 0 Å². The van der Waals surface area contributed by atoms with Crippen LogP contribution in [0.4, 0.5) is 0 Å². The van der Waals surface area contributed by atoms with E-state index in [4.69, 9.17) is 9.47 Å². The summed E-state index contributed by atoms with van der Waals surface area (Å²) in [6.07, 6.45) is 3.72. The van der Waals surface area contributed by atoms with E-state index in [0.29, 0.717) is 31.3 Å². The first-order valence-electron chi connectivity index (χ1n) is 10.8. The molecule has 30 heavy (non-hydrogen) atoms. The smallest absolute Gasteiger partial charge is 0.307 e. The average molecular weight is 431 g/mol. The minimum absolute atomic E-state index is 0.00211. The molecule has 2 heterocycles. The molecule has 0 bridgehead atoms. The first-order valence-corrected chi connectivity index (χ1v) is 11.6. The lowest BCUT2D eigenvalue weighted by atomic mass is 9.77. The number of nitrogens with zero attached hydrogens (tertiary/aromatic N) is 2. The molecule has 1 amide bonds. The number of amides is 1. The van der Waals surface area contributed by atoms with E-state index in [1.807, 2.05) is 35.4 Å². The number of hydrogen-bond donors (Lipinski definition) is 0. The number of carbonyl (C=O) groups excluding carboxylic acids is 1. The number of benzene rings is 1. The molecule has 1 aliphatic heterocycles. The van der Waals surface area contributed by atoms with E-state index < -0.39 is 0 Å². The molecule has 1 aliphatic carbocycles. The Morgan fingerprint density at radius 1 is 1.23 bits per heavy atom. The van der Waals surface area contributed by atoms with E-state index >= 15 is 0 Å². The van der Waals surface area contributed by atoms with Crippen LogP contribution in [0.1, 0.15) is 50.8 Å². The topological polar surface area (TPSA) is 60.8 Å². The molecule has 1 fully saturated rings. The van der Waals surface area contributed by atoms with E-state index in [1.165, 1.54) is 17.8 Å². The molecule has 162 valence electrons. The van der Waals surface area contributed by atoms with Crippen LogP contribution >= 0.6 is 11.3 Å². The van der Waals surface area contributed by atoms with Gasteiger partial charge in [-0.25, -0.2) is 0 Å². The summed E-state index contributed by atoms with van der Waals surface area (Å²) in [5.41, 5.74) is 1.96. The Balaban J connectivity index is 1.54. The Morgan fingerprint density at radius 2 is 2.03 bits per heavy atom. The molecule has 1 aromatic heterocycles. The molecule has 0 saturated heterocycles. The molecule has 4 rings (SSSR count). The van der Waals surface area contributed by atoms with Gasteiger partial charge in [-0.3, -0.25) is 9.59 Å². The summed E-state index contributed by atoms with van der Waals surface area (Å²) in [5, 5.41) is 1.85. The van der Waals surface area contributed by atoms with Crippen molar-refractivity contribution in [2.24, 2.45) is 11.8 Å². The number of carbonyl (C=O) groups is 1. The summed E-state index contributed by atoms with van der Waals surface area (Å²) in [7, 11) is 0. The van der Waals surface area contributed by atoms with Gasteiger partial charge in [0, 0.05) is 36.6 Å². The summed E-state index contributed by atoms with van der Waals surface area (Å²) in [5.74, 6) is 2.64. The molecule has 0 radical (unpaired) electrons. The molecule has 2 aromatic rings. The molecule has 0 spiro atoms. The normalized spacial score (nSPS) is 22.8. The van der Waals surface area contributed by atoms with E-state index in [-0.39, 0.29) is 23.6 Å². The molecular weight excluding hydrogens is 400 g/mol. The lowest BCUT2D eigenvalue weighted by Crippen LogP contribution is -2.47. The van der Waals surface area contributed by atoms with Crippen LogP contribution in [0.2, 0.25) is 0 Å². The number of aromatic nitrogens is 1. The number of ether oxygens (including phenoxy) is 2. The first-order chi connectivity index (χ1) is 14.4. The minimum atomic E-state index is 0.00211. The van der Waals surface area contributed by atoms with Gasteiger partial charge < -0.3 is 18.9 Å². The molecule has 3 unspecified atom stereocenters. The fourth-order valence-corrected chi connectivity index (χ4v) is 5.41. The van der Waals surface area contributed by atoms with Crippen LogP contribution in [0.15, 0.2) is 28.4 Å². The number of rotatable bonds is 6. The monoisotopic (exact) mass is 430 g/mol. The average Bonchev–Trinajstić information content (AvgIpc) is 3.32. The highest BCUT2D eigenvalue weighted by atomic mass is 32.1. The fraction of sp³-hybridized carbons (Fsp3) is 0.565. The van der Waals surface area contributed by atoms with E-state index in [2.05, 4.69) is 13.8 Å². The van der Waals surface area contributed by atoms with Crippen molar-refractivity contribution in [1.82, 2.24) is 9.47 Å². The highest BCUT2D eigenvalue weighted by Crippen LogP contribution is 2.36. The van der Waals surface area contributed by atoms with Crippen LogP contribution in [0.25, 0.3) is 0 Å². The Bertz CT molecular complexity index is 966. The minimum Gasteiger partial charge on any atom is -0.454 e. The summed E-state index contributed by atoms with van der Waals surface area (Å²) in [6.45, 7) is 7.69. The van der Waals surface area contributed by atoms with Crippen molar-refractivity contribution in [2.45, 2.75) is 65.6 Å². The van der Waals surface area contributed by atoms with Crippen molar-refractivity contribution in [3.8, 4) is 11.5 Å². The maximum Gasteiger partial charge on any atom is 0.307 e. The summed E-state index contributed by atoms with van der Waals surface area (Å²) < 4.78 is 12.6. The summed E-state index contributed by atoms with van der Waals surface area (Å²) in [6, 6.07) is 6.12. The lowest BCUT2D eigenvalue weighted by Gasteiger charge is -2.42. The van der Waals surface area contributed by atoms with Crippen LogP contribution in [0.3, 0.4) is 0 Å². The number of hydrogen-bond acceptors (Lipinski definition) is 5. The Kier molecular flexibility index (Phi) is 6.18. The molecule has 6 nitrogen and oxygen atoms in total. The van der Waals surface area contributed by atoms with Crippen molar-refractivity contribution in [3.05, 3.63) is 44.5 Å². The van der Waals surface area contributed by atoms with Crippen LogP contribution in [0.5, 0.6) is 11.5 Å². The van der Waals surface area contributed by atoms with Gasteiger partial charge in [-0.2, -0.15) is 0 Å². The second kappa shape index (κ2) is 8.84. The largest absolute Gasteiger partial charge is 0.454 e. The van der Waals surface area contributed by atoms with Crippen LogP contribution in [-0.2, 0) is 17.9 Å². The highest BCUT2D eigenvalue weighted by molar-refractivity contribution is 7.07. The van der Waals surface area contributed by atoms with Crippen LogP contribution < -0.4 is 14.3 Å². The standard InChI is InChI=1S/C23H30N2O4S/c1-15-5-4-6-19(17(15)3)25(12-18-7-8-20-21(11-18)29-14-28-20)22(26)9-10-24-16(2)13-30-23(24)27/h7-8,11,13,15,17,19H,4-6,9-10,12,14H2,1-3H3. The lowest BCUT2D eigenvalue weighted by molar-refractivity contribution is -0.137. The molecule has 0 N–H and O–H groups in total.